The van der Waals surface area contributed by atoms with Crippen LogP contribution in [0.15, 0.2) is 48.5 Å². The zero-order valence-corrected chi connectivity index (χ0v) is 18.1. The largest absolute Gasteiger partial charge is 0.497 e. The summed E-state index contributed by atoms with van der Waals surface area (Å²) in [5.41, 5.74) is 1.90. The van der Waals surface area contributed by atoms with E-state index in [1.54, 1.807) is 19.2 Å². The average Bonchev–Trinajstić information content (AvgIpc) is 2.97. The molecule has 29 heavy (non-hydrogen) atoms. The standard InChI is InChI=1S/C22H27FN4OS/c1-16(2)13-26-21(18-8-10-20(28-4)11-9-18)24-27(22(26)29)15-25(3)14-17-6-5-7-19(23)12-17/h5-12,16H,13-15H2,1-4H3. The molecule has 0 aliphatic carbocycles. The first kappa shape index (κ1) is 21.2. The van der Waals surface area contributed by atoms with Gasteiger partial charge >= 0.3 is 0 Å². The normalized spacial score (nSPS) is 11.4. The average molecular weight is 415 g/mol. The second kappa shape index (κ2) is 9.33. The van der Waals surface area contributed by atoms with E-state index in [4.69, 9.17) is 22.1 Å². The van der Waals surface area contributed by atoms with Crippen molar-refractivity contribution in [3.05, 3.63) is 64.7 Å². The maximum Gasteiger partial charge on any atom is 0.199 e. The van der Waals surface area contributed by atoms with Crippen LogP contribution >= 0.6 is 12.2 Å². The van der Waals surface area contributed by atoms with Crippen LogP contribution in [0.3, 0.4) is 0 Å². The van der Waals surface area contributed by atoms with E-state index in [1.165, 1.54) is 6.07 Å². The number of hydrogen-bond acceptors (Lipinski definition) is 4. The van der Waals surface area contributed by atoms with Crippen LogP contribution < -0.4 is 4.74 Å². The summed E-state index contributed by atoms with van der Waals surface area (Å²) in [6, 6.07) is 14.5. The van der Waals surface area contributed by atoms with Gasteiger partial charge in [0.15, 0.2) is 10.6 Å². The number of hydrogen-bond donors (Lipinski definition) is 0. The Kier molecular flexibility index (Phi) is 6.82. The predicted molar refractivity (Wildman–Crippen MR) is 116 cm³/mol. The van der Waals surface area contributed by atoms with Crippen LogP contribution in [0.2, 0.25) is 0 Å². The first-order chi connectivity index (χ1) is 13.9. The maximum absolute atomic E-state index is 13.5. The highest BCUT2D eigenvalue weighted by Crippen LogP contribution is 2.23. The lowest BCUT2D eigenvalue weighted by Gasteiger charge is -2.16. The van der Waals surface area contributed by atoms with Gasteiger partial charge in [-0.3, -0.25) is 9.47 Å². The summed E-state index contributed by atoms with van der Waals surface area (Å²) < 4.78 is 23.3. The maximum atomic E-state index is 13.5. The van der Waals surface area contributed by atoms with E-state index in [9.17, 15) is 4.39 Å². The molecule has 0 radical (unpaired) electrons. The quantitative estimate of drug-likeness (QED) is 0.487. The zero-order chi connectivity index (χ0) is 21.0. The monoisotopic (exact) mass is 414 g/mol. The van der Waals surface area contributed by atoms with E-state index in [0.29, 0.717) is 23.9 Å². The van der Waals surface area contributed by atoms with Gasteiger partial charge in [-0.1, -0.05) is 26.0 Å². The third kappa shape index (κ3) is 5.31. The van der Waals surface area contributed by atoms with Gasteiger partial charge in [0.2, 0.25) is 0 Å². The minimum Gasteiger partial charge on any atom is -0.497 e. The van der Waals surface area contributed by atoms with Gasteiger partial charge in [0, 0.05) is 18.7 Å². The summed E-state index contributed by atoms with van der Waals surface area (Å²) in [6.07, 6.45) is 0. The van der Waals surface area contributed by atoms with Crippen LogP contribution in [-0.2, 0) is 19.8 Å². The van der Waals surface area contributed by atoms with Gasteiger partial charge in [0.1, 0.15) is 11.6 Å². The molecular formula is C22H27FN4OS. The van der Waals surface area contributed by atoms with E-state index in [-0.39, 0.29) is 5.82 Å². The number of methoxy groups -OCH3 is 1. The second-order valence-corrected chi connectivity index (χ2v) is 7.99. The van der Waals surface area contributed by atoms with Crippen LogP contribution in [0.5, 0.6) is 5.75 Å². The Hall–Kier alpha value is -2.51. The molecule has 0 amide bonds. The molecule has 0 aliphatic heterocycles. The number of halogens is 1. The number of benzene rings is 2. The molecule has 3 rings (SSSR count). The summed E-state index contributed by atoms with van der Waals surface area (Å²) in [5.74, 6) is 1.85. The Morgan fingerprint density at radius 1 is 1.17 bits per heavy atom. The van der Waals surface area contributed by atoms with Crippen LogP contribution in [0.25, 0.3) is 11.4 Å². The molecule has 0 spiro atoms. The van der Waals surface area contributed by atoms with Crippen molar-refractivity contribution in [2.75, 3.05) is 14.2 Å². The molecule has 0 aliphatic rings. The van der Waals surface area contributed by atoms with Crippen molar-refractivity contribution in [2.24, 2.45) is 5.92 Å². The molecule has 1 aromatic heterocycles. The number of ether oxygens (including phenoxy) is 1. The summed E-state index contributed by atoms with van der Waals surface area (Å²) in [7, 11) is 3.62. The first-order valence-electron chi connectivity index (χ1n) is 9.62. The fourth-order valence-corrected chi connectivity index (χ4v) is 3.50. The minimum atomic E-state index is -0.226. The zero-order valence-electron chi connectivity index (χ0n) is 17.3. The fourth-order valence-electron chi connectivity index (χ4n) is 3.24. The van der Waals surface area contributed by atoms with Crippen molar-refractivity contribution < 1.29 is 9.13 Å². The fraction of sp³-hybridized carbons (Fsp3) is 0.364. The summed E-state index contributed by atoms with van der Waals surface area (Å²) in [5, 5.41) is 4.81. The van der Waals surface area contributed by atoms with Crippen molar-refractivity contribution in [1.82, 2.24) is 19.2 Å². The molecular weight excluding hydrogens is 387 g/mol. The molecule has 7 heteroatoms. The van der Waals surface area contributed by atoms with Crippen molar-refractivity contribution in [3.8, 4) is 17.1 Å². The molecule has 2 aromatic carbocycles. The number of nitrogens with zero attached hydrogens (tertiary/aromatic N) is 4. The van der Waals surface area contributed by atoms with E-state index in [2.05, 4.69) is 23.3 Å². The van der Waals surface area contributed by atoms with Crippen molar-refractivity contribution >= 4 is 12.2 Å². The molecule has 0 N–H and O–H groups in total. The minimum absolute atomic E-state index is 0.226. The number of aromatic nitrogens is 3. The Morgan fingerprint density at radius 3 is 2.52 bits per heavy atom. The van der Waals surface area contributed by atoms with Crippen molar-refractivity contribution in [3.63, 3.8) is 0 Å². The lowest BCUT2D eigenvalue weighted by Crippen LogP contribution is -2.22. The molecule has 3 aromatic rings. The van der Waals surface area contributed by atoms with Gasteiger partial charge < -0.3 is 4.74 Å². The molecule has 0 atom stereocenters. The van der Waals surface area contributed by atoms with Gasteiger partial charge in [0.25, 0.3) is 0 Å². The van der Waals surface area contributed by atoms with Crippen molar-refractivity contribution in [2.45, 2.75) is 33.6 Å². The smallest absolute Gasteiger partial charge is 0.199 e. The van der Waals surface area contributed by atoms with Gasteiger partial charge in [-0.2, -0.15) is 5.10 Å². The van der Waals surface area contributed by atoms with E-state index in [1.807, 2.05) is 42.1 Å². The highest BCUT2D eigenvalue weighted by atomic mass is 32.1. The Labute approximate surface area is 176 Å². The topological polar surface area (TPSA) is 35.2 Å². The number of rotatable bonds is 8. The van der Waals surface area contributed by atoms with Crippen LogP contribution in [-0.4, -0.2) is 33.4 Å². The molecule has 154 valence electrons. The lowest BCUT2D eigenvalue weighted by atomic mass is 10.2. The van der Waals surface area contributed by atoms with E-state index < -0.39 is 0 Å². The molecule has 0 saturated heterocycles. The molecule has 0 fully saturated rings. The Morgan fingerprint density at radius 2 is 1.90 bits per heavy atom. The lowest BCUT2D eigenvalue weighted by molar-refractivity contribution is 0.243. The molecule has 0 bridgehead atoms. The first-order valence-corrected chi connectivity index (χ1v) is 10.0. The summed E-state index contributed by atoms with van der Waals surface area (Å²) in [4.78, 5) is 2.06. The molecule has 5 nitrogen and oxygen atoms in total. The highest BCUT2D eigenvalue weighted by molar-refractivity contribution is 7.71. The highest BCUT2D eigenvalue weighted by Gasteiger charge is 2.15. The van der Waals surface area contributed by atoms with Crippen LogP contribution in [0.4, 0.5) is 4.39 Å². The summed E-state index contributed by atoms with van der Waals surface area (Å²) >= 11 is 5.74. The molecule has 0 unspecified atom stereocenters. The SMILES string of the molecule is COc1ccc(-c2nn(CN(C)Cc3cccc(F)c3)c(=S)n2CC(C)C)cc1. The van der Waals surface area contributed by atoms with Gasteiger partial charge in [-0.15, -0.1) is 0 Å². The van der Waals surface area contributed by atoms with E-state index in [0.717, 1.165) is 29.2 Å². The second-order valence-electron chi connectivity index (χ2n) is 7.62. The molecule has 1 heterocycles. The Balaban J connectivity index is 1.88. The molecule has 0 saturated carbocycles. The summed E-state index contributed by atoms with van der Waals surface area (Å²) in [6.45, 7) is 6.23. The Bertz CT molecular complexity index is 1010. The van der Waals surface area contributed by atoms with Crippen LogP contribution in [0.1, 0.15) is 19.4 Å². The van der Waals surface area contributed by atoms with Gasteiger partial charge in [-0.25, -0.2) is 9.07 Å². The van der Waals surface area contributed by atoms with E-state index >= 15 is 0 Å². The van der Waals surface area contributed by atoms with Gasteiger partial charge in [0.05, 0.1) is 13.8 Å². The van der Waals surface area contributed by atoms with Gasteiger partial charge in [-0.05, 0) is 67.1 Å². The van der Waals surface area contributed by atoms with Crippen LogP contribution in [0, 0.1) is 16.5 Å². The third-order valence-electron chi connectivity index (χ3n) is 4.54. The van der Waals surface area contributed by atoms with Crippen molar-refractivity contribution in [1.29, 1.82) is 0 Å². The predicted octanol–water partition coefficient (Wildman–Crippen LogP) is 4.97. The third-order valence-corrected chi connectivity index (χ3v) is 4.97.